The molecule has 0 saturated carbocycles. The normalized spacial score (nSPS) is 11.4. The molecule has 0 unspecified atom stereocenters. The molecule has 0 radical (unpaired) electrons. The molecule has 3 aromatic rings. The summed E-state index contributed by atoms with van der Waals surface area (Å²) in [6, 6.07) is 10.1. The first-order chi connectivity index (χ1) is 18.5. The lowest BCUT2D eigenvalue weighted by Gasteiger charge is -2.17. The molecular weight excluding hydrogens is 530 g/mol. The lowest BCUT2D eigenvalue weighted by Crippen LogP contribution is -2.49. The number of ketones is 1. The predicted molar refractivity (Wildman–Crippen MR) is 127 cm³/mol. The summed E-state index contributed by atoms with van der Waals surface area (Å²) in [4.78, 5) is 60.1. The number of carbonyl (C=O) groups excluding carboxylic acids is 4. The lowest BCUT2D eigenvalue weighted by molar-refractivity contribution is -0.140. The van der Waals surface area contributed by atoms with Crippen molar-refractivity contribution in [3.63, 3.8) is 0 Å². The topological polar surface area (TPSA) is 151 Å². The molecule has 0 heterocycles. The molecule has 0 bridgehead atoms. The Morgan fingerprint density at radius 1 is 0.872 bits per heavy atom. The number of Topliss-reactive ketones (excluding diaryl/α,β-unsaturated/α-hetero) is 1. The molecule has 3 rings (SSSR count). The van der Waals surface area contributed by atoms with Gasteiger partial charge in [0, 0.05) is 17.1 Å². The molecule has 0 aliphatic carbocycles. The number of rotatable bonds is 10. The fraction of sp³-hybridized carbons (Fsp3) is 0.160. The van der Waals surface area contributed by atoms with E-state index in [1.54, 1.807) is 42.5 Å². The zero-order chi connectivity index (χ0) is 28.7. The second-order valence-electron chi connectivity index (χ2n) is 7.93. The Labute approximate surface area is 216 Å². The van der Waals surface area contributed by atoms with Crippen LogP contribution in [-0.2, 0) is 24.0 Å². The van der Waals surface area contributed by atoms with E-state index >= 15 is 0 Å². The third kappa shape index (κ3) is 7.28. The zero-order valence-electron chi connectivity index (χ0n) is 19.7. The Bertz CT molecular complexity index is 1430. The van der Waals surface area contributed by atoms with Crippen molar-refractivity contribution in [2.75, 3.05) is 18.5 Å². The van der Waals surface area contributed by atoms with Gasteiger partial charge >= 0.3 is 17.8 Å². The molecule has 4 N–H and O–H groups in total. The van der Waals surface area contributed by atoms with Gasteiger partial charge in [-0.05, 0) is 11.5 Å². The summed E-state index contributed by atoms with van der Waals surface area (Å²) in [7, 11) is 0. The quantitative estimate of drug-likeness (QED) is 0.172. The van der Waals surface area contributed by atoms with Crippen molar-refractivity contribution in [1.29, 1.82) is 0 Å². The number of anilines is 1. The Balaban J connectivity index is 1.57. The second kappa shape index (κ2) is 12.5. The van der Waals surface area contributed by atoms with Gasteiger partial charge < -0.3 is 25.8 Å². The Morgan fingerprint density at radius 3 is 2.18 bits per heavy atom. The van der Waals surface area contributed by atoms with E-state index in [1.807, 2.05) is 10.6 Å². The van der Waals surface area contributed by atoms with Crippen LogP contribution in [0.2, 0.25) is 0 Å². The summed E-state index contributed by atoms with van der Waals surface area (Å²) in [6.07, 6.45) is -1.01. The zero-order valence-corrected chi connectivity index (χ0v) is 19.7. The molecule has 39 heavy (non-hydrogen) atoms. The summed E-state index contributed by atoms with van der Waals surface area (Å²) in [6.45, 7) is -2.13. The first-order valence-electron chi connectivity index (χ1n) is 11.0. The molecule has 0 saturated heterocycles. The first-order valence-corrected chi connectivity index (χ1v) is 11.0. The fourth-order valence-electron chi connectivity index (χ4n) is 3.34. The monoisotopic (exact) mass is 549 g/mol. The number of fused-ring (bicyclic) bond motifs is 1. The van der Waals surface area contributed by atoms with Gasteiger partial charge in [-0.1, -0.05) is 36.4 Å². The van der Waals surface area contributed by atoms with Gasteiger partial charge in [0.15, 0.2) is 23.2 Å². The van der Waals surface area contributed by atoms with Gasteiger partial charge in [-0.3, -0.25) is 24.0 Å². The largest absolute Gasteiger partial charge is 0.481 e. The van der Waals surface area contributed by atoms with Crippen molar-refractivity contribution in [3.8, 4) is 5.75 Å². The van der Waals surface area contributed by atoms with Gasteiger partial charge in [-0.15, -0.1) is 0 Å². The van der Waals surface area contributed by atoms with Crippen LogP contribution in [0, 0.1) is 23.3 Å². The molecule has 0 aromatic heterocycles. The van der Waals surface area contributed by atoms with Crippen molar-refractivity contribution in [1.82, 2.24) is 10.6 Å². The number of carboxylic acid groups (broad SMARTS) is 1. The van der Waals surface area contributed by atoms with Gasteiger partial charge in [0.25, 0.3) is 0 Å². The summed E-state index contributed by atoms with van der Waals surface area (Å²) < 4.78 is 58.5. The molecule has 14 heteroatoms. The average molecular weight is 549 g/mol. The van der Waals surface area contributed by atoms with Gasteiger partial charge in [0.2, 0.25) is 17.5 Å². The second-order valence-corrected chi connectivity index (χ2v) is 7.93. The standard InChI is InChI=1S/C25H19F4N3O7/c26-14-8-15(27)22(29)23(21(14)28)39-11-18(33)17(9-20(35)36)31-19(34)10-30-24(37)25(38)32-16-7-3-5-12-4-1-2-6-13(12)16/h1-8,17H,9-11H2,(H,30,37)(H,31,34)(H,32,38)(H,35,36)/t17-/m0/s1. The number of amides is 3. The van der Waals surface area contributed by atoms with Crippen molar-refractivity contribution in [3.05, 3.63) is 71.8 Å². The maximum Gasteiger partial charge on any atom is 0.313 e. The number of carbonyl (C=O) groups is 5. The van der Waals surface area contributed by atoms with Gasteiger partial charge in [0.1, 0.15) is 12.6 Å². The van der Waals surface area contributed by atoms with E-state index in [9.17, 15) is 41.5 Å². The summed E-state index contributed by atoms with van der Waals surface area (Å²) >= 11 is 0. The summed E-state index contributed by atoms with van der Waals surface area (Å²) in [5, 5.41) is 16.8. The Morgan fingerprint density at radius 2 is 1.51 bits per heavy atom. The minimum absolute atomic E-state index is 0.0799. The minimum Gasteiger partial charge on any atom is -0.481 e. The molecule has 0 aliphatic rings. The van der Waals surface area contributed by atoms with E-state index < -0.39 is 84.1 Å². The summed E-state index contributed by atoms with van der Waals surface area (Å²) in [5.74, 6) is -15.2. The van der Waals surface area contributed by atoms with E-state index in [0.29, 0.717) is 11.1 Å². The molecule has 0 aliphatic heterocycles. The van der Waals surface area contributed by atoms with Crippen LogP contribution in [0.4, 0.5) is 23.2 Å². The van der Waals surface area contributed by atoms with Crippen LogP contribution >= 0.6 is 0 Å². The van der Waals surface area contributed by atoms with E-state index in [0.717, 1.165) is 5.39 Å². The maximum absolute atomic E-state index is 13.7. The number of hydrogen-bond donors (Lipinski definition) is 4. The van der Waals surface area contributed by atoms with Crippen molar-refractivity contribution < 1.29 is 51.4 Å². The molecule has 1 atom stereocenters. The molecule has 0 fully saturated rings. The van der Waals surface area contributed by atoms with Crippen molar-refractivity contribution in [2.45, 2.75) is 12.5 Å². The van der Waals surface area contributed by atoms with Crippen LogP contribution in [0.25, 0.3) is 10.8 Å². The van der Waals surface area contributed by atoms with Crippen LogP contribution in [0.3, 0.4) is 0 Å². The molecule has 204 valence electrons. The SMILES string of the molecule is O=C(O)C[C@H](NC(=O)CNC(=O)C(=O)Nc1cccc2ccccc12)C(=O)COc1c(F)c(F)cc(F)c1F. The molecule has 3 amide bonds. The van der Waals surface area contributed by atoms with Crippen LogP contribution in [0.5, 0.6) is 5.75 Å². The molecule has 3 aromatic carbocycles. The van der Waals surface area contributed by atoms with E-state index in [1.165, 1.54) is 0 Å². The molecule has 0 spiro atoms. The predicted octanol–water partition coefficient (Wildman–Crippen LogP) is 2.06. The third-order valence-corrected chi connectivity index (χ3v) is 5.19. The van der Waals surface area contributed by atoms with E-state index in [-0.39, 0.29) is 6.07 Å². The highest BCUT2D eigenvalue weighted by Crippen LogP contribution is 2.26. The van der Waals surface area contributed by atoms with E-state index in [4.69, 9.17) is 5.11 Å². The highest BCUT2D eigenvalue weighted by Gasteiger charge is 2.27. The first kappa shape index (κ1) is 28.6. The number of carboxylic acids is 1. The number of nitrogens with one attached hydrogen (secondary N) is 3. The summed E-state index contributed by atoms with van der Waals surface area (Å²) in [5.41, 5.74) is 0.330. The van der Waals surface area contributed by atoms with Crippen LogP contribution < -0.4 is 20.7 Å². The van der Waals surface area contributed by atoms with Crippen molar-refractivity contribution in [2.24, 2.45) is 0 Å². The van der Waals surface area contributed by atoms with Crippen LogP contribution in [0.15, 0.2) is 48.5 Å². The number of ether oxygens (including phenoxy) is 1. The number of benzene rings is 3. The van der Waals surface area contributed by atoms with Gasteiger partial charge in [0.05, 0.1) is 13.0 Å². The van der Waals surface area contributed by atoms with Crippen LogP contribution in [0.1, 0.15) is 6.42 Å². The Kier molecular flexibility index (Phi) is 9.15. The Hall–Kier alpha value is -5.01. The van der Waals surface area contributed by atoms with Crippen LogP contribution in [-0.4, -0.2) is 53.8 Å². The average Bonchev–Trinajstić information content (AvgIpc) is 2.90. The highest BCUT2D eigenvalue weighted by molar-refractivity contribution is 6.40. The van der Waals surface area contributed by atoms with Gasteiger partial charge in [-0.2, -0.15) is 8.78 Å². The third-order valence-electron chi connectivity index (χ3n) is 5.19. The number of aliphatic carboxylic acids is 1. The molecular formula is C25H19F4N3O7. The minimum atomic E-state index is -1.93. The lowest BCUT2D eigenvalue weighted by atomic mass is 10.1. The number of halogens is 4. The fourth-order valence-corrected chi connectivity index (χ4v) is 3.34. The van der Waals surface area contributed by atoms with E-state index in [2.05, 4.69) is 10.1 Å². The van der Waals surface area contributed by atoms with Gasteiger partial charge in [-0.25, -0.2) is 8.78 Å². The number of hydrogen-bond acceptors (Lipinski definition) is 6. The van der Waals surface area contributed by atoms with Crippen molar-refractivity contribution >= 4 is 45.9 Å². The maximum atomic E-state index is 13.7. The molecule has 10 nitrogen and oxygen atoms in total. The highest BCUT2D eigenvalue weighted by atomic mass is 19.2. The smallest absolute Gasteiger partial charge is 0.313 e.